The van der Waals surface area contributed by atoms with E-state index >= 15 is 0 Å². The quantitative estimate of drug-likeness (QED) is 0.848. The summed E-state index contributed by atoms with van der Waals surface area (Å²) in [5, 5.41) is 9.84. The molecule has 100 valence electrons. The van der Waals surface area contributed by atoms with Crippen molar-refractivity contribution >= 4 is 0 Å². The predicted octanol–water partition coefficient (Wildman–Crippen LogP) is 0.898. The van der Waals surface area contributed by atoms with Crippen LogP contribution in [0.1, 0.15) is 0 Å². The lowest BCUT2D eigenvalue weighted by atomic mass is 10.3. The lowest BCUT2D eigenvalue weighted by Crippen LogP contribution is -2.42. The number of hydrogen-bond donors (Lipinski definition) is 1. The maximum Gasteiger partial charge on any atom is 0.123 e. The van der Waals surface area contributed by atoms with Gasteiger partial charge < -0.3 is 14.6 Å². The zero-order chi connectivity index (χ0) is 12.8. The van der Waals surface area contributed by atoms with Crippen LogP contribution in [-0.4, -0.2) is 55.6 Å². The first-order valence-corrected chi connectivity index (χ1v) is 6.10. The molecular weight excluding hydrogens is 237 g/mol. The van der Waals surface area contributed by atoms with Gasteiger partial charge in [0.25, 0.3) is 0 Å². The number of β-amino-alcohol motifs (C(OH)–C–C–N with tert-alkyl or cyclic N) is 1. The minimum Gasteiger partial charge on any atom is -0.491 e. The number of halogens is 1. The standard InChI is InChI=1S/C13H18FNO3/c14-11-1-3-13(4-2-11)18-10-12(16)9-15-5-7-17-8-6-15/h1-4,12,16H,5-10H2/t12-/m1/s1. The van der Waals surface area contributed by atoms with Gasteiger partial charge in [-0.1, -0.05) is 0 Å². The molecule has 0 unspecified atom stereocenters. The maximum absolute atomic E-state index is 12.7. The van der Waals surface area contributed by atoms with Crippen molar-refractivity contribution in [2.75, 3.05) is 39.5 Å². The fourth-order valence-electron chi connectivity index (χ4n) is 1.86. The third-order valence-electron chi connectivity index (χ3n) is 2.83. The van der Waals surface area contributed by atoms with E-state index in [4.69, 9.17) is 9.47 Å². The van der Waals surface area contributed by atoms with Crippen LogP contribution >= 0.6 is 0 Å². The van der Waals surface area contributed by atoms with Gasteiger partial charge in [0, 0.05) is 19.6 Å². The van der Waals surface area contributed by atoms with Crippen molar-refractivity contribution in [1.82, 2.24) is 4.90 Å². The molecule has 1 aliphatic heterocycles. The van der Waals surface area contributed by atoms with Crippen LogP contribution in [0.15, 0.2) is 24.3 Å². The Morgan fingerprint density at radius 2 is 1.94 bits per heavy atom. The molecular formula is C13H18FNO3. The second-order valence-corrected chi connectivity index (χ2v) is 4.33. The van der Waals surface area contributed by atoms with Gasteiger partial charge >= 0.3 is 0 Å². The number of benzene rings is 1. The molecule has 18 heavy (non-hydrogen) atoms. The Morgan fingerprint density at radius 3 is 2.61 bits per heavy atom. The molecule has 0 spiro atoms. The Hall–Kier alpha value is -1.17. The van der Waals surface area contributed by atoms with Crippen LogP contribution in [0.3, 0.4) is 0 Å². The first kappa shape index (κ1) is 13.3. The highest BCUT2D eigenvalue weighted by Crippen LogP contribution is 2.11. The average Bonchev–Trinajstić information content (AvgIpc) is 2.39. The molecule has 5 heteroatoms. The third kappa shape index (κ3) is 4.25. The van der Waals surface area contributed by atoms with E-state index < -0.39 is 6.10 Å². The zero-order valence-corrected chi connectivity index (χ0v) is 10.2. The van der Waals surface area contributed by atoms with Gasteiger partial charge in [0.1, 0.15) is 24.3 Å². The fourth-order valence-corrected chi connectivity index (χ4v) is 1.86. The van der Waals surface area contributed by atoms with Crippen molar-refractivity contribution in [2.24, 2.45) is 0 Å². The molecule has 2 rings (SSSR count). The van der Waals surface area contributed by atoms with Crippen LogP contribution in [0.25, 0.3) is 0 Å². The summed E-state index contributed by atoms with van der Waals surface area (Å²) < 4.78 is 23.3. The Morgan fingerprint density at radius 1 is 1.28 bits per heavy atom. The Kier molecular flexibility index (Phi) is 4.92. The molecule has 1 aromatic carbocycles. The van der Waals surface area contributed by atoms with Gasteiger partial charge in [-0.25, -0.2) is 4.39 Å². The van der Waals surface area contributed by atoms with Crippen LogP contribution in [0.2, 0.25) is 0 Å². The molecule has 1 fully saturated rings. The molecule has 0 saturated carbocycles. The van der Waals surface area contributed by atoms with Crippen LogP contribution in [0, 0.1) is 5.82 Å². The lowest BCUT2D eigenvalue weighted by Gasteiger charge is -2.28. The Balaban J connectivity index is 1.70. The van der Waals surface area contributed by atoms with Crippen molar-refractivity contribution in [3.8, 4) is 5.75 Å². The van der Waals surface area contributed by atoms with Gasteiger partial charge in [-0.2, -0.15) is 0 Å². The van der Waals surface area contributed by atoms with Gasteiger partial charge in [0.05, 0.1) is 13.2 Å². The highest BCUT2D eigenvalue weighted by Gasteiger charge is 2.15. The number of ether oxygens (including phenoxy) is 2. The zero-order valence-electron chi connectivity index (χ0n) is 10.2. The average molecular weight is 255 g/mol. The van der Waals surface area contributed by atoms with Crippen LogP contribution in [0.4, 0.5) is 4.39 Å². The second kappa shape index (κ2) is 6.68. The summed E-state index contributed by atoms with van der Waals surface area (Å²) in [7, 11) is 0. The first-order valence-electron chi connectivity index (χ1n) is 6.10. The van der Waals surface area contributed by atoms with Crippen LogP contribution < -0.4 is 4.74 Å². The van der Waals surface area contributed by atoms with E-state index in [1.54, 1.807) is 12.1 Å². The van der Waals surface area contributed by atoms with E-state index in [0.29, 0.717) is 25.5 Å². The summed E-state index contributed by atoms with van der Waals surface area (Å²) in [6.45, 7) is 3.89. The molecule has 0 radical (unpaired) electrons. The minimum absolute atomic E-state index is 0.211. The summed E-state index contributed by atoms with van der Waals surface area (Å²) in [5.74, 6) is 0.272. The van der Waals surface area contributed by atoms with Crippen molar-refractivity contribution < 1.29 is 19.0 Å². The van der Waals surface area contributed by atoms with E-state index in [0.717, 1.165) is 13.1 Å². The smallest absolute Gasteiger partial charge is 0.123 e. The van der Waals surface area contributed by atoms with Gasteiger partial charge in [-0.05, 0) is 24.3 Å². The van der Waals surface area contributed by atoms with Gasteiger partial charge in [0.2, 0.25) is 0 Å². The Bertz CT molecular complexity index is 352. The van der Waals surface area contributed by atoms with Crippen molar-refractivity contribution in [2.45, 2.75) is 6.10 Å². The molecule has 1 aromatic rings. The summed E-state index contributed by atoms with van der Waals surface area (Å²) in [6.07, 6.45) is -0.548. The molecule has 1 N–H and O–H groups in total. The molecule has 0 aliphatic carbocycles. The monoisotopic (exact) mass is 255 g/mol. The molecule has 1 saturated heterocycles. The van der Waals surface area contributed by atoms with Crippen LogP contribution in [-0.2, 0) is 4.74 Å². The van der Waals surface area contributed by atoms with Crippen molar-refractivity contribution in [3.05, 3.63) is 30.1 Å². The number of rotatable bonds is 5. The minimum atomic E-state index is -0.548. The number of hydrogen-bond acceptors (Lipinski definition) is 4. The second-order valence-electron chi connectivity index (χ2n) is 4.33. The molecule has 1 aliphatic rings. The highest BCUT2D eigenvalue weighted by atomic mass is 19.1. The SMILES string of the molecule is O[C@@H](COc1ccc(F)cc1)CN1CCOCC1. The van der Waals surface area contributed by atoms with E-state index in [2.05, 4.69) is 4.90 Å². The van der Waals surface area contributed by atoms with Crippen molar-refractivity contribution in [1.29, 1.82) is 0 Å². The van der Waals surface area contributed by atoms with Gasteiger partial charge in [0.15, 0.2) is 0 Å². The summed E-state index contributed by atoms with van der Waals surface area (Å²) in [6, 6.07) is 5.78. The number of morpholine rings is 1. The molecule has 1 atom stereocenters. The topological polar surface area (TPSA) is 41.9 Å². The third-order valence-corrected chi connectivity index (χ3v) is 2.83. The number of nitrogens with zero attached hydrogens (tertiary/aromatic N) is 1. The molecule has 0 amide bonds. The molecule has 0 bridgehead atoms. The predicted molar refractivity (Wildman–Crippen MR) is 65.2 cm³/mol. The number of aliphatic hydroxyl groups is 1. The lowest BCUT2D eigenvalue weighted by molar-refractivity contribution is 0.00465. The molecule has 4 nitrogen and oxygen atoms in total. The molecule has 1 heterocycles. The fraction of sp³-hybridized carbons (Fsp3) is 0.538. The van der Waals surface area contributed by atoms with E-state index in [-0.39, 0.29) is 12.4 Å². The maximum atomic E-state index is 12.7. The normalized spacial score (nSPS) is 18.6. The summed E-state index contributed by atoms with van der Waals surface area (Å²) >= 11 is 0. The van der Waals surface area contributed by atoms with Crippen molar-refractivity contribution in [3.63, 3.8) is 0 Å². The van der Waals surface area contributed by atoms with Gasteiger partial charge in [-0.3, -0.25) is 4.90 Å². The molecule has 0 aromatic heterocycles. The largest absolute Gasteiger partial charge is 0.491 e. The summed E-state index contributed by atoms with van der Waals surface area (Å²) in [5.41, 5.74) is 0. The van der Waals surface area contributed by atoms with Gasteiger partial charge in [-0.15, -0.1) is 0 Å². The Labute approximate surface area is 106 Å². The first-order chi connectivity index (χ1) is 8.74. The van der Waals surface area contributed by atoms with E-state index in [9.17, 15) is 9.50 Å². The van der Waals surface area contributed by atoms with Crippen LogP contribution in [0.5, 0.6) is 5.75 Å². The van der Waals surface area contributed by atoms with E-state index in [1.165, 1.54) is 12.1 Å². The highest BCUT2D eigenvalue weighted by molar-refractivity contribution is 5.22. The number of aliphatic hydroxyl groups excluding tert-OH is 1. The summed E-state index contributed by atoms with van der Waals surface area (Å²) in [4.78, 5) is 2.14. The van der Waals surface area contributed by atoms with E-state index in [1.807, 2.05) is 0 Å².